The number of benzene rings is 1. The number of rotatable bonds is 6. The van der Waals surface area contributed by atoms with Crippen LogP contribution in [0.25, 0.3) is 0 Å². The molecule has 1 N–H and O–H groups in total. The normalized spacial score (nSPS) is 17.4. The van der Waals surface area contributed by atoms with Crippen molar-refractivity contribution >= 4 is 17.8 Å². The zero-order chi connectivity index (χ0) is 17.5. The number of hydrogen-bond acceptors (Lipinski definition) is 3. The number of nitrogens with zero attached hydrogens (tertiary/aromatic N) is 2. The molecule has 1 aliphatic heterocycles. The summed E-state index contributed by atoms with van der Waals surface area (Å²) in [5.41, 5.74) is 1.09. The topological polar surface area (TPSA) is 77.9 Å². The quantitative estimate of drug-likeness (QED) is 0.854. The maximum Gasteiger partial charge on any atom is 0.308 e. The number of carbonyl (C=O) groups is 3. The van der Waals surface area contributed by atoms with Crippen molar-refractivity contribution in [3.63, 3.8) is 0 Å². The third kappa shape index (κ3) is 5.08. The highest BCUT2D eigenvalue weighted by molar-refractivity contribution is 5.85. The molecule has 1 atom stereocenters. The van der Waals surface area contributed by atoms with Crippen LogP contribution in [0.15, 0.2) is 30.3 Å². The van der Waals surface area contributed by atoms with Crippen molar-refractivity contribution in [1.82, 2.24) is 9.80 Å². The molecule has 0 spiro atoms. The van der Waals surface area contributed by atoms with E-state index in [2.05, 4.69) is 0 Å². The summed E-state index contributed by atoms with van der Waals surface area (Å²) in [6.07, 6.45) is 2.29. The summed E-state index contributed by atoms with van der Waals surface area (Å²) in [6.45, 7) is 0.800. The van der Waals surface area contributed by atoms with E-state index < -0.39 is 11.9 Å². The lowest BCUT2D eigenvalue weighted by Crippen LogP contribution is -2.46. The van der Waals surface area contributed by atoms with Crippen molar-refractivity contribution in [2.75, 3.05) is 26.7 Å². The Hall–Kier alpha value is -2.37. The molecule has 1 heterocycles. The van der Waals surface area contributed by atoms with Crippen molar-refractivity contribution < 1.29 is 19.5 Å². The monoisotopic (exact) mass is 332 g/mol. The molecule has 0 aliphatic carbocycles. The predicted octanol–water partition coefficient (Wildman–Crippen LogP) is 1.40. The first-order valence-corrected chi connectivity index (χ1v) is 8.26. The zero-order valence-corrected chi connectivity index (χ0v) is 14.0. The zero-order valence-electron chi connectivity index (χ0n) is 14.0. The maximum atomic E-state index is 12.3. The van der Waals surface area contributed by atoms with E-state index in [0.717, 1.165) is 5.56 Å². The lowest BCUT2D eigenvalue weighted by Gasteiger charge is -2.32. The van der Waals surface area contributed by atoms with Crippen LogP contribution in [0.4, 0.5) is 0 Å². The van der Waals surface area contributed by atoms with Gasteiger partial charge in [-0.2, -0.15) is 0 Å². The van der Waals surface area contributed by atoms with Crippen LogP contribution in [0, 0.1) is 5.92 Å². The maximum absolute atomic E-state index is 12.3. The molecule has 1 aliphatic rings. The second kappa shape index (κ2) is 8.47. The van der Waals surface area contributed by atoms with Gasteiger partial charge in [-0.05, 0) is 24.8 Å². The summed E-state index contributed by atoms with van der Waals surface area (Å²) in [6, 6.07) is 9.74. The van der Waals surface area contributed by atoms with E-state index in [4.69, 9.17) is 5.11 Å². The average Bonchev–Trinajstić information content (AvgIpc) is 2.60. The molecule has 0 bridgehead atoms. The van der Waals surface area contributed by atoms with Crippen molar-refractivity contribution in [3.8, 4) is 0 Å². The van der Waals surface area contributed by atoms with Gasteiger partial charge in [-0.15, -0.1) is 0 Å². The standard InChI is InChI=1S/C18H24N2O4/c1-19(16(21)10-9-14-6-3-2-4-7-14)13-17(22)20-11-5-8-15(12-20)18(23)24/h2-4,6-7,15H,5,8-13H2,1H3,(H,23,24). The van der Waals surface area contributed by atoms with Gasteiger partial charge in [0.05, 0.1) is 12.5 Å². The van der Waals surface area contributed by atoms with Crippen LogP contribution in [-0.4, -0.2) is 59.4 Å². The molecule has 2 rings (SSSR count). The Morgan fingerprint density at radius 2 is 1.96 bits per heavy atom. The summed E-state index contributed by atoms with van der Waals surface area (Å²) < 4.78 is 0. The highest BCUT2D eigenvalue weighted by atomic mass is 16.4. The van der Waals surface area contributed by atoms with Crippen LogP contribution in [0.2, 0.25) is 0 Å². The van der Waals surface area contributed by atoms with E-state index in [-0.39, 0.29) is 24.9 Å². The number of aliphatic carboxylic acids is 1. The Morgan fingerprint density at radius 1 is 1.25 bits per heavy atom. The summed E-state index contributed by atoms with van der Waals surface area (Å²) in [7, 11) is 1.61. The van der Waals surface area contributed by atoms with Gasteiger partial charge in [0.15, 0.2) is 0 Å². The number of amides is 2. The fourth-order valence-corrected chi connectivity index (χ4v) is 2.88. The van der Waals surface area contributed by atoms with Gasteiger partial charge in [0.1, 0.15) is 0 Å². The third-order valence-corrected chi connectivity index (χ3v) is 4.39. The summed E-state index contributed by atoms with van der Waals surface area (Å²) in [5, 5.41) is 9.08. The van der Waals surface area contributed by atoms with E-state index >= 15 is 0 Å². The number of likely N-dealkylation sites (tertiary alicyclic amines) is 1. The van der Waals surface area contributed by atoms with E-state index in [9.17, 15) is 14.4 Å². The minimum atomic E-state index is -0.861. The smallest absolute Gasteiger partial charge is 0.308 e. The van der Waals surface area contributed by atoms with Crippen LogP contribution in [0.5, 0.6) is 0 Å². The van der Waals surface area contributed by atoms with E-state index in [1.807, 2.05) is 30.3 Å². The Bertz CT molecular complexity index is 588. The number of carbonyl (C=O) groups excluding carboxylic acids is 2. The van der Waals surface area contributed by atoms with Gasteiger partial charge in [0.2, 0.25) is 11.8 Å². The van der Waals surface area contributed by atoms with Crippen LogP contribution < -0.4 is 0 Å². The van der Waals surface area contributed by atoms with Crippen LogP contribution in [0.1, 0.15) is 24.8 Å². The van der Waals surface area contributed by atoms with E-state index in [1.54, 1.807) is 11.9 Å². The second-order valence-corrected chi connectivity index (χ2v) is 6.25. The Balaban J connectivity index is 1.80. The number of likely N-dealkylation sites (N-methyl/N-ethyl adjacent to an activating group) is 1. The fourth-order valence-electron chi connectivity index (χ4n) is 2.88. The van der Waals surface area contributed by atoms with Crippen LogP contribution in [-0.2, 0) is 20.8 Å². The number of carboxylic acid groups (broad SMARTS) is 1. The molecule has 1 aromatic carbocycles. The number of carboxylic acids is 1. The van der Waals surface area contributed by atoms with Crippen molar-refractivity contribution in [2.24, 2.45) is 5.92 Å². The highest BCUT2D eigenvalue weighted by Crippen LogP contribution is 2.17. The molecule has 1 unspecified atom stereocenters. The molecule has 1 aromatic rings. The predicted molar refractivity (Wildman–Crippen MR) is 89.3 cm³/mol. The molecular weight excluding hydrogens is 308 g/mol. The third-order valence-electron chi connectivity index (χ3n) is 4.39. The highest BCUT2D eigenvalue weighted by Gasteiger charge is 2.28. The van der Waals surface area contributed by atoms with Gasteiger partial charge in [-0.1, -0.05) is 30.3 Å². The number of aryl methyl sites for hydroxylation is 1. The molecule has 6 nitrogen and oxygen atoms in total. The van der Waals surface area contributed by atoms with Crippen LogP contribution in [0.3, 0.4) is 0 Å². The van der Waals surface area contributed by atoms with Crippen molar-refractivity contribution in [1.29, 1.82) is 0 Å². The van der Waals surface area contributed by atoms with Gasteiger partial charge in [0, 0.05) is 26.6 Å². The lowest BCUT2D eigenvalue weighted by molar-refractivity contribution is -0.147. The molecule has 1 fully saturated rings. The van der Waals surface area contributed by atoms with Gasteiger partial charge in [-0.25, -0.2) is 0 Å². The van der Waals surface area contributed by atoms with Crippen LogP contribution >= 0.6 is 0 Å². The van der Waals surface area contributed by atoms with Crippen molar-refractivity contribution in [3.05, 3.63) is 35.9 Å². The second-order valence-electron chi connectivity index (χ2n) is 6.25. The first kappa shape index (κ1) is 18.0. The van der Waals surface area contributed by atoms with Gasteiger partial charge in [-0.3, -0.25) is 14.4 Å². The molecule has 6 heteroatoms. The Morgan fingerprint density at radius 3 is 2.62 bits per heavy atom. The molecule has 0 aromatic heterocycles. The molecule has 24 heavy (non-hydrogen) atoms. The number of hydrogen-bond donors (Lipinski definition) is 1. The SMILES string of the molecule is CN(CC(=O)N1CCCC(C(=O)O)C1)C(=O)CCc1ccccc1. The molecule has 0 radical (unpaired) electrons. The fraction of sp³-hybridized carbons (Fsp3) is 0.500. The average molecular weight is 332 g/mol. The number of piperidine rings is 1. The molecular formula is C18H24N2O4. The molecule has 1 saturated heterocycles. The van der Waals surface area contributed by atoms with E-state index in [0.29, 0.717) is 32.2 Å². The minimum Gasteiger partial charge on any atom is -0.481 e. The summed E-state index contributed by atoms with van der Waals surface area (Å²) in [5.74, 6) is -1.63. The largest absolute Gasteiger partial charge is 0.481 e. The first-order valence-electron chi connectivity index (χ1n) is 8.26. The lowest BCUT2D eigenvalue weighted by atomic mass is 9.98. The van der Waals surface area contributed by atoms with E-state index in [1.165, 1.54) is 4.90 Å². The minimum absolute atomic E-state index is 0.0000376. The first-order chi connectivity index (χ1) is 11.5. The summed E-state index contributed by atoms with van der Waals surface area (Å²) in [4.78, 5) is 38.5. The van der Waals surface area contributed by atoms with Gasteiger partial charge in [0.25, 0.3) is 0 Å². The molecule has 2 amide bonds. The molecule has 0 saturated carbocycles. The van der Waals surface area contributed by atoms with Crippen molar-refractivity contribution in [2.45, 2.75) is 25.7 Å². The molecule has 130 valence electrons. The van der Waals surface area contributed by atoms with Gasteiger partial charge >= 0.3 is 5.97 Å². The van der Waals surface area contributed by atoms with Gasteiger partial charge < -0.3 is 14.9 Å². The summed E-state index contributed by atoms with van der Waals surface area (Å²) >= 11 is 0. The Labute approximate surface area is 142 Å². The Kier molecular flexibility index (Phi) is 6.35.